The molecule has 1 saturated heterocycles. The van der Waals surface area contributed by atoms with Crippen LogP contribution >= 0.6 is 23.2 Å². The maximum Gasteiger partial charge on any atom is 0.226 e. The summed E-state index contributed by atoms with van der Waals surface area (Å²) in [6.45, 7) is 2.03. The lowest BCUT2D eigenvalue weighted by atomic mass is 10.2. The van der Waals surface area contributed by atoms with Crippen molar-refractivity contribution in [2.75, 3.05) is 25.1 Å². The average Bonchev–Trinajstić information content (AvgIpc) is 2.34. The van der Waals surface area contributed by atoms with Gasteiger partial charge >= 0.3 is 0 Å². The third-order valence-electron chi connectivity index (χ3n) is 2.64. The minimum atomic E-state index is -0.0952. The second kappa shape index (κ2) is 6.38. The standard InChI is InChI=1S/C12H14Cl2N2O2/c13-8-1-2-11(10(14)5-8)16-12(17)6-9-7-18-4-3-15-9/h1-2,5,9,15H,3-4,6-7H2,(H,16,17). The number of morpholine rings is 1. The highest BCUT2D eigenvalue weighted by molar-refractivity contribution is 6.36. The highest BCUT2D eigenvalue weighted by Crippen LogP contribution is 2.25. The van der Waals surface area contributed by atoms with Crippen LogP contribution < -0.4 is 10.6 Å². The van der Waals surface area contributed by atoms with Crippen LogP contribution in [0.5, 0.6) is 0 Å². The first-order valence-corrected chi connectivity index (χ1v) is 6.47. The maximum absolute atomic E-state index is 11.8. The van der Waals surface area contributed by atoms with Gasteiger partial charge in [-0.15, -0.1) is 0 Å². The van der Waals surface area contributed by atoms with E-state index < -0.39 is 0 Å². The summed E-state index contributed by atoms with van der Waals surface area (Å²) >= 11 is 11.8. The lowest BCUT2D eigenvalue weighted by molar-refractivity contribution is -0.117. The topological polar surface area (TPSA) is 50.4 Å². The molecule has 0 radical (unpaired) electrons. The number of benzene rings is 1. The van der Waals surface area contributed by atoms with Gasteiger partial charge in [0.1, 0.15) is 0 Å². The molecule has 1 fully saturated rings. The van der Waals surface area contributed by atoms with Gasteiger partial charge in [-0.05, 0) is 18.2 Å². The Hall–Kier alpha value is -0.810. The molecular formula is C12H14Cl2N2O2. The lowest BCUT2D eigenvalue weighted by Crippen LogP contribution is -2.43. The molecule has 0 aromatic heterocycles. The van der Waals surface area contributed by atoms with Crippen molar-refractivity contribution in [3.05, 3.63) is 28.2 Å². The van der Waals surface area contributed by atoms with E-state index in [4.69, 9.17) is 27.9 Å². The lowest BCUT2D eigenvalue weighted by Gasteiger charge is -2.23. The van der Waals surface area contributed by atoms with Gasteiger partial charge in [0.15, 0.2) is 0 Å². The second-order valence-electron chi connectivity index (χ2n) is 4.10. The number of anilines is 1. The van der Waals surface area contributed by atoms with Crippen LogP contribution in [0.1, 0.15) is 6.42 Å². The normalized spacial score (nSPS) is 19.6. The number of carbonyl (C=O) groups excluding carboxylic acids is 1. The fourth-order valence-corrected chi connectivity index (χ4v) is 2.22. The van der Waals surface area contributed by atoms with Crippen LogP contribution in [0.25, 0.3) is 0 Å². The fourth-order valence-electron chi connectivity index (χ4n) is 1.77. The Morgan fingerprint density at radius 3 is 3.00 bits per heavy atom. The van der Waals surface area contributed by atoms with Gasteiger partial charge in [-0.25, -0.2) is 0 Å². The zero-order valence-corrected chi connectivity index (χ0v) is 11.2. The molecule has 1 heterocycles. The summed E-state index contributed by atoms with van der Waals surface area (Å²) in [5.74, 6) is -0.0952. The van der Waals surface area contributed by atoms with Gasteiger partial charge in [-0.1, -0.05) is 23.2 Å². The van der Waals surface area contributed by atoms with Crippen LogP contribution in [0.3, 0.4) is 0 Å². The summed E-state index contributed by atoms with van der Waals surface area (Å²) < 4.78 is 5.29. The van der Waals surface area contributed by atoms with Gasteiger partial charge in [-0.2, -0.15) is 0 Å². The Bertz CT molecular complexity index is 434. The molecule has 18 heavy (non-hydrogen) atoms. The largest absolute Gasteiger partial charge is 0.378 e. The third kappa shape index (κ3) is 3.85. The van der Waals surface area contributed by atoms with Crippen molar-refractivity contribution in [1.82, 2.24) is 5.32 Å². The molecule has 1 amide bonds. The average molecular weight is 289 g/mol. The molecule has 1 aliphatic heterocycles. The predicted octanol–water partition coefficient (Wildman–Crippen LogP) is 2.31. The molecule has 1 aliphatic rings. The van der Waals surface area contributed by atoms with Gasteiger partial charge in [0.25, 0.3) is 0 Å². The van der Waals surface area contributed by atoms with E-state index in [1.807, 2.05) is 0 Å². The van der Waals surface area contributed by atoms with Crippen LogP contribution in [0.4, 0.5) is 5.69 Å². The second-order valence-corrected chi connectivity index (χ2v) is 4.95. The van der Waals surface area contributed by atoms with Crippen molar-refractivity contribution < 1.29 is 9.53 Å². The zero-order chi connectivity index (χ0) is 13.0. The first kappa shape index (κ1) is 13.6. The van der Waals surface area contributed by atoms with Crippen molar-refractivity contribution >= 4 is 34.8 Å². The summed E-state index contributed by atoms with van der Waals surface area (Å²) in [4.78, 5) is 11.8. The number of nitrogens with one attached hydrogen (secondary N) is 2. The molecule has 2 rings (SSSR count). The zero-order valence-electron chi connectivity index (χ0n) is 9.71. The molecule has 1 atom stereocenters. The summed E-state index contributed by atoms with van der Waals surface area (Å²) in [7, 11) is 0. The minimum absolute atomic E-state index is 0.0600. The van der Waals surface area contributed by atoms with Crippen molar-refractivity contribution in [1.29, 1.82) is 0 Å². The van der Waals surface area contributed by atoms with Crippen molar-refractivity contribution in [3.8, 4) is 0 Å². The Kier molecular flexibility index (Phi) is 4.83. The number of hydrogen-bond acceptors (Lipinski definition) is 3. The van der Waals surface area contributed by atoms with E-state index in [9.17, 15) is 4.79 Å². The van der Waals surface area contributed by atoms with Gasteiger partial charge < -0.3 is 15.4 Å². The van der Waals surface area contributed by atoms with Crippen LogP contribution in [-0.4, -0.2) is 31.7 Å². The monoisotopic (exact) mass is 288 g/mol. The van der Waals surface area contributed by atoms with E-state index in [0.717, 1.165) is 6.54 Å². The van der Waals surface area contributed by atoms with Gasteiger partial charge in [-0.3, -0.25) is 4.79 Å². The highest BCUT2D eigenvalue weighted by atomic mass is 35.5. The number of carbonyl (C=O) groups is 1. The van der Waals surface area contributed by atoms with Crippen LogP contribution in [0.15, 0.2) is 18.2 Å². The minimum Gasteiger partial charge on any atom is -0.378 e. The summed E-state index contributed by atoms with van der Waals surface area (Å²) in [5, 5.41) is 6.96. The first-order valence-electron chi connectivity index (χ1n) is 5.71. The molecule has 0 saturated carbocycles. The van der Waals surface area contributed by atoms with E-state index >= 15 is 0 Å². The molecule has 0 aliphatic carbocycles. The smallest absolute Gasteiger partial charge is 0.226 e. The highest BCUT2D eigenvalue weighted by Gasteiger charge is 2.17. The van der Waals surface area contributed by atoms with Crippen molar-refractivity contribution in [3.63, 3.8) is 0 Å². The van der Waals surface area contributed by atoms with E-state index in [1.54, 1.807) is 18.2 Å². The van der Waals surface area contributed by atoms with E-state index in [1.165, 1.54) is 0 Å². The molecule has 1 aromatic carbocycles. The quantitative estimate of drug-likeness (QED) is 0.897. The number of ether oxygens (including phenoxy) is 1. The molecule has 6 heteroatoms. The van der Waals surface area contributed by atoms with E-state index in [-0.39, 0.29) is 11.9 Å². The summed E-state index contributed by atoms with van der Waals surface area (Å²) in [5.41, 5.74) is 0.572. The molecule has 1 aromatic rings. The van der Waals surface area contributed by atoms with Gasteiger partial charge in [0.2, 0.25) is 5.91 Å². The molecular weight excluding hydrogens is 275 g/mol. The number of hydrogen-bond donors (Lipinski definition) is 2. The molecule has 0 bridgehead atoms. The molecule has 1 unspecified atom stereocenters. The Labute approximate surface area is 116 Å². The van der Waals surface area contributed by atoms with Crippen LogP contribution in [-0.2, 0) is 9.53 Å². The van der Waals surface area contributed by atoms with E-state index in [2.05, 4.69) is 10.6 Å². The van der Waals surface area contributed by atoms with Crippen molar-refractivity contribution in [2.45, 2.75) is 12.5 Å². The SMILES string of the molecule is O=C(CC1COCCN1)Nc1ccc(Cl)cc1Cl. The Morgan fingerprint density at radius 1 is 1.50 bits per heavy atom. The van der Waals surface area contributed by atoms with E-state index in [0.29, 0.717) is 35.4 Å². The number of rotatable bonds is 3. The van der Waals surface area contributed by atoms with Crippen molar-refractivity contribution in [2.24, 2.45) is 0 Å². The Balaban J connectivity index is 1.90. The van der Waals surface area contributed by atoms with Gasteiger partial charge in [0, 0.05) is 24.0 Å². The Morgan fingerprint density at radius 2 is 2.33 bits per heavy atom. The number of halogens is 2. The molecule has 4 nitrogen and oxygen atoms in total. The fraction of sp³-hybridized carbons (Fsp3) is 0.417. The third-order valence-corrected chi connectivity index (χ3v) is 3.18. The van der Waals surface area contributed by atoms with Crippen LogP contribution in [0.2, 0.25) is 10.0 Å². The molecule has 2 N–H and O–H groups in total. The summed E-state index contributed by atoms with van der Waals surface area (Å²) in [6, 6.07) is 5.03. The van der Waals surface area contributed by atoms with Gasteiger partial charge in [0.05, 0.1) is 23.9 Å². The first-order chi connectivity index (χ1) is 8.65. The predicted molar refractivity (Wildman–Crippen MR) is 72.3 cm³/mol. The maximum atomic E-state index is 11.8. The number of amides is 1. The summed E-state index contributed by atoms with van der Waals surface area (Å²) in [6.07, 6.45) is 0.360. The van der Waals surface area contributed by atoms with Crippen LogP contribution in [0, 0.1) is 0 Å². The molecule has 0 spiro atoms. The molecule has 98 valence electrons.